The maximum absolute atomic E-state index is 12.8. The highest BCUT2D eigenvalue weighted by Gasteiger charge is 2.38. The Morgan fingerprint density at radius 1 is 1.40 bits per heavy atom. The lowest BCUT2D eigenvalue weighted by atomic mass is 9.92. The highest BCUT2D eigenvalue weighted by atomic mass is 19.4. The normalized spacial score (nSPS) is 27.8. The van der Waals surface area contributed by atoms with Crippen LogP contribution in [0.1, 0.15) is 24.2 Å². The summed E-state index contributed by atoms with van der Waals surface area (Å²) in [4.78, 5) is 2.21. The predicted octanol–water partition coefficient (Wildman–Crippen LogP) is 2.05. The zero-order valence-electron chi connectivity index (χ0n) is 11.4. The number of rotatable bonds is 2. The van der Waals surface area contributed by atoms with Gasteiger partial charge in [0.05, 0.1) is 18.9 Å². The van der Waals surface area contributed by atoms with E-state index in [1.807, 2.05) is 0 Å². The molecule has 0 radical (unpaired) electrons. The van der Waals surface area contributed by atoms with Gasteiger partial charge in [0.2, 0.25) is 0 Å². The number of alkyl halides is 3. The van der Waals surface area contributed by atoms with E-state index >= 15 is 0 Å². The molecule has 2 atom stereocenters. The standard InChI is InChI=1S/C13H18F3N3O/c1-18-12(13(14,15)16)5-10(17-18)6-19-4-2-3-9-7-20-8-11(9)19/h5,9,11H,2-4,6-8H2,1H3/t9-,11+/m1/s1. The maximum Gasteiger partial charge on any atom is 0.433 e. The number of likely N-dealkylation sites (tertiary alicyclic amines) is 1. The van der Waals surface area contributed by atoms with E-state index in [9.17, 15) is 13.2 Å². The van der Waals surface area contributed by atoms with E-state index in [0.717, 1.165) is 36.7 Å². The second-order valence-electron chi connectivity index (χ2n) is 5.62. The van der Waals surface area contributed by atoms with Crippen LogP contribution in [-0.2, 0) is 24.5 Å². The van der Waals surface area contributed by atoms with E-state index in [-0.39, 0.29) is 0 Å². The Labute approximate surface area is 115 Å². The number of hydrogen-bond donors (Lipinski definition) is 0. The molecule has 0 aromatic carbocycles. The summed E-state index contributed by atoms with van der Waals surface area (Å²) in [5.74, 6) is 0.523. The molecule has 1 aromatic heterocycles. The van der Waals surface area contributed by atoms with Gasteiger partial charge in [0.1, 0.15) is 5.69 Å². The van der Waals surface area contributed by atoms with Crippen LogP contribution in [0.15, 0.2) is 6.07 Å². The molecule has 0 amide bonds. The number of halogens is 3. The molecule has 7 heteroatoms. The summed E-state index contributed by atoms with van der Waals surface area (Å²) in [5, 5.41) is 4.00. The molecule has 112 valence electrons. The van der Waals surface area contributed by atoms with Gasteiger partial charge in [-0.25, -0.2) is 0 Å². The van der Waals surface area contributed by atoms with Crippen molar-refractivity contribution in [2.24, 2.45) is 13.0 Å². The number of nitrogens with zero attached hydrogens (tertiary/aromatic N) is 3. The molecule has 2 aliphatic rings. The second kappa shape index (κ2) is 5.04. The first-order chi connectivity index (χ1) is 9.45. The highest BCUT2D eigenvalue weighted by Crippen LogP contribution is 2.32. The SMILES string of the molecule is Cn1nc(CN2CCC[C@@H]3COC[C@@H]32)cc1C(F)(F)F. The number of ether oxygens (including phenoxy) is 1. The number of hydrogen-bond acceptors (Lipinski definition) is 3. The van der Waals surface area contributed by atoms with E-state index in [1.54, 1.807) is 0 Å². The van der Waals surface area contributed by atoms with E-state index < -0.39 is 11.9 Å². The van der Waals surface area contributed by atoms with E-state index in [2.05, 4.69) is 10.00 Å². The third kappa shape index (κ3) is 2.56. The molecule has 0 spiro atoms. The van der Waals surface area contributed by atoms with Gasteiger partial charge in [0.15, 0.2) is 0 Å². The number of piperidine rings is 1. The van der Waals surface area contributed by atoms with Gasteiger partial charge >= 0.3 is 6.18 Å². The summed E-state index contributed by atoms with van der Waals surface area (Å²) in [6.45, 7) is 2.83. The Morgan fingerprint density at radius 2 is 2.20 bits per heavy atom. The zero-order chi connectivity index (χ0) is 14.3. The molecule has 3 rings (SSSR count). The molecule has 2 saturated heterocycles. The smallest absolute Gasteiger partial charge is 0.379 e. The van der Waals surface area contributed by atoms with Crippen molar-refractivity contribution in [3.05, 3.63) is 17.5 Å². The van der Waals surface area contributed by atoms with Gasteiger partial charge in [-0.05, 0) is 25.5 Å². The summed E-state index contributed by atoms with van der Waals surface area (Å²) < 4.78 is 44.7. The topological polar surface area (TPSA) is 30.3 Å². The third-order valence-corrected chi connectivity index (χ3v) is 4.24. The molecule has 2 fully saturated rings. The van der Waals surface area contributed by atoms with Gasteiger partial charge in [0, 0.05) is 25.6 Å². The Balaban J connectivity index is 1.74. The van der Waals surface area contributed by atoms with E-state index in [0.29, 0.717) is 30.8 Å². The van der Waals surface area contributed by atoms with Crippen molar-refractivity contribution in [1.82, 2.24) is 14.7 Å². The quantitative estimate of drug-likeness (QED) is 0.835. The molecule has 4 nitrogen and oxygen atoms in total. The fourth-order valence-electron chi connectivity index (χ4n) is 3.26. The average molecular weight is 289 g/mol. The zero-order valence-corrected chi connectivity index (χ0v) is 11.4. The maximum atomic E-state index is 12.8. The molecular weight excluding hydrogens is 271 g/mol. The van der Waals surface area contributed by atoms with Crippen LogP contribution in [0.5, 0.6) is 0 Å². The third-order valence-electron chi connectivity index (χ3n) is 4.24. The predicted molar refractivity (Wildman–Crippen MR) is 66.0 cm³/mol. The van der Waals surface area contributed by atoms with Crippen LogP contribution >= 0.6 is 0 Å². The van der Waals surface area contributed by atoms with Gasteiger partial charge in [-0.3, -0.25) is 9.58 Å². The molecule has 0 aliphatic carbocycles. The van der Waals surface area contributed by atoms with Crippen LogP contribution in [0.2, 0.25) is 0 Å². The summed E-state index contributed by atoms with van der Waals surface area (Å²) in [6, 6.07) is 1.49. The lowest BCUT2D eigenvalue weighted by molar-refractivity contribution is -0.143. The fourth-order valence-corrected chi connectivity index (χ4v) is 3.26. The van der Waals surface area contributed by atoms with Crippen molar-refractivity contribution >= 4 is 0 Å². The summed E-state index contributed by atoms with van der Waals surface area (Å²) >= 11 is 0. The Bertz CT molecular complexity index is 486. The number of aryl methyl sites for hydroxylation is 1. The summed E-state index contributed by atoms with van der Waals surface area (Å²) in [5.41, 5.74) is -0.212. The Hall–Kier alpha value is -1.08. The van der Waals surface area contributed by atoms with Crippen LogP contribution in [0.25, 0.3) is 0 Å². The first-order valence-corrected chi connectivity index (χ1v) is 6.87. The minimum Gasteiger partial charge on any atom is -0.379 e. The molecular formula is C13H18F3N3O. The highest BCUT2D eigenvalue weighted by molar-refractivity contribution is 5.13. The van der Waals surface area contributed by atoms with Gasteiger partial charge in [0.25, 0.3) is 0 Å². The van der Waals surface area contributed by atoms with Crippen LogP contribution < -0.4 is 0 Å². The molecule has 0 N–H and O–H groups in total. The lowest BCUT2D eigenvalue weighted by Gasteiger charge is -2.35. The van der Waals surface area contributed by atoms with Crippen molar-refractivity contribution in [3.8, 4) is 0 Å². The summed E-state index contributed by atoms with van der Waals surface area (Å²) in [7, 11) is 1.34. The number of aromatic nitrogens is 2. The Kier molecular flexibility index (Phi) is 3.50. The molecule has 0 unspecified atom stereocenters. The minimum absolute atomic E-state index is 0.333. The van der Waals surface area contributed by atoms with Crippen LogP contribution in [0.4, 0.5) is 13.2 Å². The van der Waals surface area contributed by atoms with Gasteiger partial charge < -0.3 is 4.74 Å². The Morgan fingerprint density at radius 3 is 2.90 bits per heavy atom. The molecule has 2 aliphatic heterocycles. The van der Waals surface area contributed by atoms with Crippen molar-refractivity contribution in [2.75, 3.05) is 19.8 Å². The average Bonchev–Trinajstić information content (AvgIpc) is 2.95. The van der Waals surface area contributed by atoms with Crippen molar-refractivity contribution in [2.45, 2.75) is 31.6 Å². The van der Waals surface area contributed by atoms with Gasteiger partial charge in [-0.15, -0.1) is 0 Å². The minimum atomic E-state index is -4.35. The first kappa shape index (κ1) is 13.9. The van der Waals surface area contributed by atoms with Crippen LogP contribution in [0.3, 0.4) is 0 Å². The largest absolute Gasteiger partial charge is 0.433 e. The molecule has 0 bridgehead atoms. The van der Waals surface area contributed by atoms with Crippen molar-refractivity contribution in [1.29, 1.82) is 0 Å². The van der Waals surface area contributed by atoms with Crippen LogP contribution in [-0.4, -0.2) is 40.5 Å². The van der Waals surface area contributed by atoms with E-state index in [4.69, 9.17) is 4.74 Å². The molecule has 3 heterocycles. The fraction of sp³-hybridized carbons (Fsp3) is 0.769. The second-order valence-corrected chi connectivity index (χ2v) is 5.62. The van der Waals surface area contributed by atoms with Crippen molar-refractivity contribution < 1.29 is 17.9 Å². The van der Waals surface area contributed by atoms with Crippen molar-refractivity contribution in [3.63, 3.8) is 0 Å². The lowest BCUT2D eigenvalue weighted by Crippen LogP contribution is -2.44. The molecule has 0 saturated carbocycles. The number of fused-ring (bicyclic) bond motifs is 1. The van der Waals surface area contributed by atoms with Gasteiger partial charge in [-0.1, -0.05) is 0 Å². The van der Waals surface area contributed by atoms with Gasteiger partial charge in [-0.2, -0.15) is 18.3 Å². The molecule has 20 heavy (non-hydrogen) atoms. The first-order valence-electron chi connectivity index (χ1n) is 6.87. The summed E-state index contributed by atoms with van der Waals surface area (Å²) in [6.07, 6.45) is -2.12. The van der Waals surface area contributed by atoms with Crippen LogP contribution in [0, 0.1) is 5.92 Å². The molecule has 1 aromatic rings. The van der Waals surface area contributed by atoms with E-state index in [1.165, 1.54) is 7.05 Å². The monoisotopic (exact) mass is 289 g/mol.